The third kappa shape index (κ3) is 8.45. The molecule has 0 aromatic carbocycles. The van der Waals surface area contributed by atoms with Crippen LogP contribution in [0.2, 0.25) is 13.3 Å². The van der Waals surface area contributed by atoms with Crippen molar-refractivity contribution in [2.24, 2.45) is 0 Å². The summed E-state index contributed by atoms with van der Waals surface area (Å²) >= 11 is -2.80. The minimum atomic E-state index is -2.80. The van der Waals surface area contributed by atoms with Gasteiger partial charge in [-0.15, -0.1) is 0 Å². The van der Waals surface area contributed by atoms with Gasteiger partial charge in [-0.25, -0.2) is 0 Å². The van der Waals surface area contributed by atoms with Crippen molar-refractivity contribution < 1.29 is 38.1 Å². The summed E-state index contributed by atoms with van der Waals surface area (Å²) in [4.78, 5) is 35.8. The Balaban J connectivity index is 2.52. The number of rotatable bonds is 14. The molecule has 4 atom stereocenters. The minimum absolute atomic E-state index is 0.0744. The molecule has 206 valence electrons. The van der Waals surface area contributed by atoms with Crippen LogP contribution in [0.3, 0.4) is 0 Å². The van der Waals surface area contributed by atoms with Crippen LogP contribution >= 0.6 is 0 Å². The van der Waals surface area contributed by atoms with E-state index in [9.17, 15) is 14.4 Å². The normalized spacial score (nSPS) is 26.9. The van der Waals surface area contributed by atoms with E-state index in [1.165, 1.54) is 53.3 Å². The van der Waals surface area contributed by atoms with E-state index in [0.29, 0.717) is 6.61 Å². The Kier molecular flexibility index (Phi) is 12.7. The maximum atomic E-state index is 12.4. The number of carbonyl (C=O) groups is 3. The topological polar surface area (TPSA) is 97.4 Å². The molecule has 2 rings (SSSR count). The molecule has 8 nitrogen and oxygen atoms in total. The molecule has 2 fully saturated rings. The van der Waals surface area contributed by atoms with Crippen LogP contribution in [0.5, 0.6) is 0 Å². The van der Waals surface area contributed by atoms with Crippen molar-refractivity contribution in [3.8, 4) is 0 Å². The number of carbonyl (C=O) groups excluding carboxylic acids is 3. The zero-order chi connectivity index (χ0) is 26.8. The molecule has 0 unspecified atom stereocenters. The van der Waals surface area contributed by atoms with E-state index < -0.39 is 60.4 Å². The van der Waals surface area contributed by atoms with Crippen LogP contribution in [-0.2, 0) is 38.1 Å². The predicted octanol–water partition coefficient (Wildman–Crippen LogP) is 5.24. The van der Waals surface area contributed by atoms with E-state index in [-0.39, 0.29) is 13.0 Å². The fourth-order valence-corrected chi connectivity index (χ4v) is 20.9. The van der Waals surface area contributed by atoms with Gasteiger partial charge < -0.3 is 0 Å². The van der Waals surface area contributed by atoms with E-state index in [1.807, 2.05) is 0 Å². The second-order valence-corrected chi connectivity index (χ2v) is 23.2. The van der Waals surface area contributed by atoms with Crippen LogP contribution in [0.25, 0.3) is 0 Å². The SMILES string of the molecule is CCC[CH2][Sn](/[CH]=C1\CO[C@H]2O[C@H](COC(C)=O)[C@@H](OC(C)=O)C[C@@]12OC(C)=O)([CH2]CCC)[CH2]CCC. The molecule has 0 aromatic rings. The Hall–Kier alpha value is -1.13. The standard InChI is InChI=1S/C15H19O8.3C4H9.Sn/c1-8-6-20-14-15(8,23-11(4)18)5-12(21-10(3)17)13(22-14)7-19-9(2)16;3*1-3-4-2;/h1,12-14H,5-7H2,2-4H3;3*1,3-4H2,2H3;/t12-,13+,14-,15+;;;;/m0..../s1. The molecule has 2 aliphatic heterocycles. The molecule has 0 amide bonds. The number of esters is 3. The number of hydrogen-bond acceptors (Lipinski definition) is 8. The summed E-state index contributed by atoms with van der Waals surface area (Å²) in [5, 5.41) is 0. The maximum absolute atomic E-state index is 12.4. The predicted molar refractivity (Wildman–Crippen MR) is 139 cm³/mol. The molecule has 2 heterocycles. The summed E-state index contributed by atoms with van der Waals surface area (Å²) in [5.74, 6) is -1.36. The van der Waals surface area contributed by atoms with Gasteiger partial charge in [0.15, 0.2) is 0 Å². The average molecular weight is 617 g/mol. The van der Waals surface area contributed by atoms with Gasteiger partial charge in [0.2, 0.25) is 0 Å². The summed E-state index contributed by atoms with van der Waals surface area (Å²) in [6.07, 6.45) is 5.00. The molecule has 0 aromatic heterocycles. The monoisotopic (exact) mass is 618 g/mol. The Morgan fingerprint density at radius 3 is 2.00 bits per heavy atom. The third-order valence-electron chi connectivity index (χ3n) is 7.19. The molecule has 0 bridgehead atoms. The molecule has 0 aliphatic carbocycles. The van der Waals surface area contributed by atoms with Gasteiger partial charge >= 0.3 is 221 Å². The summed E-state index contributed by atoms with van der Waals surface area (Å²) in [5.41, 5.74) is -0.184. The first-order valence-corrected chi connectivity index (χ1v) is 21.3. The molecule has 0 N–H and O–H groups in total. The van der Waals surface area contributed by atoms with Crippen molar-refractivity contribution in [1.29, 1.82) is 0 Å². The molecule has 2 saturated heterocycles. The Morgan fingerprint density at radius 2 is 1.53 bits per heavy atom. The Labute approximate surface area is 220 Å². The summed E-state index contributed by atoms with van der Waals surface area (Å²) in [7, 11) is 0. The van der Waals surface area contributed by atoms with Crippen LogP contribution in [0, 0.1) is 0 Å². The number of hydrogen-bond donors (Lipinski definition) is 0. The van der Waals surface area contributed by atoms with Gasteiger partial charge in [-0.05, 0) is 0 Å². The number of unbranched alkanes of at least 4 members (excludes halogenated alkanes) is 3. The van der Waals surface area contributed by atoms with Gasteiger partial charge in [0.25, 0.3) is 0 Å². The van der Waals surface area contributed by atoms with Gasteiger partial charge in [-0.3, -0.25) is 0 Å². The Bertz CT molecular complexity index is 760. The van der Waals surface area contributed by atoms with Crippen LogP contribution in [0.15, 0.2) is 9.67 Å². The quantitative estimate of drug-likeness (QED) is 0.148. The summed E-state index contributed by atoms with van der Waals surface area (Å²) in [6, 6.07) is 0. The second-order valence-electron chi connectivity index (χ2n) is 10.3. The zero-order valence-electron chi connectivity index (χ0n) is 23.1. The van der Waals surface area contributed by atoms with Gasteiger partial charge in [0.1, 0.15) is 0 Å². The summed E-state index contributed by atoms with van der Waals surface area (Å²) < 4.78 is 35.4. The van der Waals surface area contributed by atoms with Crippen molar-refractivity contribution >= 4 is 36.3 Å². The molecule has 9 heteroatoms. The zero-order valence-corrected chi connectivity index (χ0v) is 25.9. The first-order valence-electron chi connectivity index (χ1n) is 13.6. The molecule has 36 heavy (non-hydrogen) atoms. The van der Waals surface area contributed by atoms with Crippen LogP contribution < -0.4 is 0 Å². The van der Waals surface area contributed by atoms with Crippen molar-refractivity contribution in [3.05, 3.63) is 9.67 Å². The van der Waals surface area contributed by atoms with Crippen molar-refractivity contribution in [3.63, 3.8) is 0 Å². The molecule has 0 spiro atoms. The fraction of sp³-hybridized carbons (Fsp3) is 0.815. The van der Waals surface area contributed by atoms with Crippen molar-refractivity contribution in [1.82, 2.24) is 0 Å². The van der Waals surface area contributed by atoms with Gasteiger partial charge in [-0.1, -0.05) is 0 Å². The average Bonchev–Trinajstić information content (AvgIpc) is 3.13. The van der Waals surface area contributed by atoms with E-state index in [4.69, 9.17) is 23.7 Å². The van der Waals surface area contributed by atoms with Crippen LogP contribution in [-0.4, -0.2) is 73.6 Å². The Morgan fingerprint density at radius 1 is 0.944 bits per heavy atom. The van der Waals surface area contributed by atoms with Crippen molar-refractivity contribution in [2.45, 2.75) is 124 Å². The molecule has 2 aliphatic rings. The third-order valence-corrected chi connectivity index (χ3v) is 21.5. The number of fused-ring (bicyclic) bond motifs is 1. The molecule has 0 saturated carbocycles. The van der Waals surface area contributed by atoms with E-state index in [1.54, 1.807) is 0 Å². The van der Waals surface area contributed by atoms with E-state index >= 15 is 0 Å². The van der Waals surface area contributed by atoms with E-state index in [0.717, 1.165) is 24.8 Å². The van der Waals surface area contributed by atoms with Gasteiger partial charge in [-0.2, -0.15) is 0 Å². The first kappa shape index (κ1) is 31.1. The molecule has 0 radical (unpaired) electrons. The van der Waals surface area contributed by atoms with Crippen LogP contribution in [0.4, 0.5) is 0 Å². The van der Waals surface area contributed by atoms with Crippen molar-refractivity contribution in [2.75, 3.05) is 13.2 Å². The second kappa shape index (κ2) is 14.7. The molecular formula is C27H46O8Sn. The van der Waals surface area contributed by atoms with Gasteiger partial charge in [0.05, 0.1) is 0 Å². The number of ether oxygens (including phenoxy) is 5. The fourth-order valence-electron chi connectivity index (χ4n) is 5.43. The first-order chi connectivity index (χ1) is 17.1. The molecular weight excluding hydrogens is 571 g/mol. The van der Waals surface area contributed by atoms with Gasteiger partial charge in [0, 0.05) is 0 Å². The summed E-state index contributed by atoms with van der Waals surface area (Å²) in [6.45, 7) is 11.0. The van der Waals surface area contributed by atoms with Crippen LogP contribution in [0.1, 0.15) is 86.5 Å². The van der Waals surface area contributed by atoms with E-state index in [2.05, 4.69) is 24.9 Å².